The highest BCUT2D eigenvalue weighted by Gasteiger charge is 2.35. The summed E-state index contributed by atoms with van der Waals surface area (Å²) in [6.07, 6.45) is 1.37. The van der Waals surface area contributed by atoms with Gasteiger partial charge in [-0.2, -0.15) is 0 Å². The minimum Gasteiger partial charge on any atom is -0.355 e. The highest BCUT2D eigenvalue weighted by atomic mass is 19.1. The van der Waals surface area contributed by atoms with Gasteiger partial charge in [0.2, 0.25) is 11.8 Å². The van der Waals surface area contributed by atoms with Crippen LogP contribution in [0.3, 0.4) is 0 Å². The molecule has 2 atom stereocenters. The van der Waals surface area contributed by atoms with Crippen LogP contribution in [0.2, 0.25) is 0 Å². The topological polar surface area (TPSA) is 64.7 Å². The van der Waals surface area contributed by atoms with Crippen molar-refractivity contribution in [3.8, 4) is 0 Å². The second-order valence-corrected chi connectivity index (χ2v) is 8.72. The quantitative estimate of drug-likeness (QED) is 0.629. The number of hydrogen-bond acceptors (Lipinski definition) is 4. The lowest BCUT2D eigenvalue weighted by atomic mass is 9.87. The Morgan fingerprint density at radius 2 is 1.66 bits per heavy atom. The largest absolute Gasteiger partial charge is 0.355 e. The third-order valence-corrected chi connectivity index (χ3v) is 5.80. The molecule has 1 aliphatic rings. The van der Waals surface area contributed by atoms with Crippen LogP contribution in [0.15, 0.2) is 54.6 Å². The Labute approximate surface area is 189 Å². The van der Waals surface area contributed by atoms with Crippen molar-refractivity contribution in [3.05, 3.63) is 66.0 Å². The number of piperidine rings is 1. The SMILES string of the molecule is CN(C)CCNC(=O)[C@H]1C[C@@H](C(=O)Nc2ccc(F)cc2)CN(CCc2ccccc2)C1. The third kappa shape index (κ3) is 7.43. The van der Waals surface area contributed by atoms with Crippen molar-refractivity contribution in [1.82, 2.24) is 15.1 Å². The molecular formula is C25H33FN4O2. The monoisotopic (exact) mass is 440 g/mol. The first-order chi connectivity index (χ1) is 15.4. The summed E-state index contributed by atoms with van der Waals surface area (Å²) in [5, 5.41) is 5.89. The summed E-state index contributed by atoms with van der Waals surface area (Å²) in [7, 11) is 3.93. The lowest BCUT2D eigenvalue weighted by Crippen LogP contribution is -2.50. The molecule has 0 radical (unpaired) electrons. The Bertz CT molecular complexity index is 873. The molecule has 1 aliphatic heterocycles. The van der Waals surface area contributed by atoms with Crippen molar-refractivity contribution in [2.75, 3.05) is 52.1 Å². The van der Waals surface area contributed by atoms with Crippen LogP contribution in [0.4, 0.5) is 10.1 Å². The molecule has 172 valence electrons. The maximum atomic E-state index is 13.2. The minimum atomic E-state index is -0.345. The van der Waals surface area contributed by atoms with Crippen LogP contribution in [0, 0.1) is 17.7 Å². The van der Waals surface area contributed by atoms with E-state index in [2.05, 4.69) is 27.7 Å². The number of anilines is 1. The molecule has 0 saturated carbocycles. The molecule has 0 spiro atoms. The van der Waals surface area contributed by atoms with Crippen molar-refractivity contribution in [1.29, 1.82) is 0 Å². The van der Waals surface area contributed by atoms with Gasteiger partial charge < -0.3 is 20.4 Å². The van der Waals surface area contributed by atoms with E-state index in [0.29, 0.717) is 31.7 Å². The minimum absolute atomic E-state index is 0.00385. The third-order valence-electron chi connectivity index (χ3n) is 5.80. The van der Waals surface area contributed by atoms with E-state index in [9.17, 15) is 14.0 Å². The fourth-order valence-electron chi connectivity index (χ4n) is 4.01. The average molecular weight is 441 g/mol. The number of likely N-dealkylation sites (tertiary alicyclic amines) is 1. The van der Waals surface area contributed by atoms with Gasteiger partial charge in [-0.15, -0.1) is 0 Å². The van der Waals surface area contributed by atoms with Gasteiger partial charge in [-0.3, -0.25) is 9.59 Å². The highest BCUT2D eigenvalue weighted by molar-refractivity contribution is 5.93. The van der Waals surface area contributed by atoms with Crippen LogP contribution < -0.4 is 10.6 Å². The predicted molar refractivity (Wildman–Crippen MR) is 125 cm³/mol. The normalized spacial score (nSPS) is 19.0. The van der Waals surface area contributed by atoms with E-state index >= 15 is 0 Å². The van der Waals surface area contributed by atoms with Crippen molar-refractivity contribution < 1.29 is 14.0 Å². The molecule has 6 nitrogen and oxygen atoms in total. The second-order valence-electron chi connectivity index (χ2n) is 8.72. The Hall–Kier alpha value is -2.77. The average Bonchev–Trinajstić information content (AvgIpc) is 2.79. The zero-order valence-electron chi connectivity index (χ0n) is 18.9. The molecule has 0 bridgehead atoms. The van der Waals surface area contributed by atoms with Crippen molar-refractivity contribution in [2.45, 2.75) is 12.8 Å². The van der Waals surface area contributed by atoms with Crippen LogP contribution in [-0.2, 0) is 16.0 Å². The number of halogens is 1. The van der Waals surface area contributed by atoms with Gasteiger partial charge in [-0.1, -0.05) is 30.3 Å². The maximum Gasteiger partial charge on any atom is 0.228 e. The molecule has 3 rings (SSSR count). The van der Waals surface area contributed by atoms with E-state index in [-0.39, 0.29) is 29.5 Å². The van der Waals surface area contributed by atoms with Gasteiger partial charge in [0.25, 0.3) is 0 Å². The van der Waals surface area contributed by atoms with Crippen molar-refractivity contribution in [3.63, 3.8) is 0 Å². The summed E-state index contributed by atoms with van der Waals surface area (Å²) in [4.78, 5) is 30.0. The number of nitrogens with zero attached hydrogens (tertiary/aromatic N) is 2. The number of rotatable bonds is 9. The summed E-state index contributed by atoms with van der Waals surface area (Å²) >= 11 is 0. The van der Waals surface area contributed by atoms with E-state index in [1.807, 2.05) is 37.2 Å². The van der Waals surface area contributed by atoms with E-state index < -0.39 is 0 Å². The summed E-state index contributed by atoms with van der Waals surface area (Å²) in [5.74, 6) is -1.04. The summed E-state index contributed by atoms with van der Waals surface area (Å²) in [6, 6.07) is 16.0. The van der Waals surface area contributed by atoms with Crippen LogP contribution in [0.5, 0.6) is 0 Å². The molecule has 2 aromatic rings. The Balaban J connectivity index is 1.64. The van der Waals surface area contributed by atoms with Gasteiger partial charge in [0, 0.05) is 38.4 Å². The first kappa shape index (κ1) is 23.9. The standard InChI is InChI=1S/C25H33FN4O2/c1-29(2)15-13-27-24(31)20-16-21(25(32)28-23-10-8-22(26)9-11-23)18-30(17-20)14-12-19-6-4-3-5-7-19/h3-11,20-21H,12-18H2,1-2H3,(H,27,31)(H,28,32)/t20-,21+/m0/s1. The van der Waals surface area contributed by atoms with Crippen LogP contribution >= 0.6 is 0 Å². The van der Waals surface area contributed by atoms with Gasteiger partial charge >= 0.3 is 0 Å². The number of nitrogens with one attached hydrogen (secondary N) is 2. The summed E-state index contributed by atoms with van der Waals surface area (Å²) in [5.41, 5.74) is 1.79. The molecular weight excluding hydrogens is 407 g/mol. The molecule has 2 aromatic carbocycles. The highest BCUT2D eigenvalue weighted by Crippen LogP contribution is 2.24. The second kappa shape index (κ2) is 11.7. The lowest BCUT2D eigenvalue weighted by Gasteiger charge is -2.36. The molecule has 32 heavy (non-hydrogen) atoms. The fraction of sp³-hybridized carbons (Fsp3) is 0.440. The predicted octanol–water partition coefficient (Wildman–Crippen LogP) is 2.62. The molecule has 0 unspecified atom stereocenters. The van der Waals surface area contributed by atoms with Gasteiger partial charge in [-0.05, 0) is 56.8 Å². The van der Waals surface area contributed by atoms with Gasteiger partial charge in [-0.25, -0.2) is 4.39 Å². The van der Waals surface area contributed by atoms with Gasteiger partial charge in [0.15, 0.2) is 0 Å². The summed E-state index contributed by atoms with van der Waals surface area (Å²) in [6.45, 7) is 3.37. The first-order valence-corrected chi connectivity index (χ1v) is 11.2. The van der Waals surface area contributed by atoms with E-state index in [4.69, 9.17) is 0 Å². The van der Waals surface area contributed by atoms with E-state index in [1.165, 1.54) is 17.7 Å². The van der Waals surface area contributed by atoms with Crippen molar-refractivity contribution in [2.24, 2.45) is 11.8 Å². The number of amides is 2. The Morgan fingerprint density at radius 3 is 2.31 bits per heavy atom. The molecule has 0 aromatic heterocycles. The van der Waals surface area contributed by atoms with Crippen molar-refractivity contribution >= 4 is 17.5 Å². The zero-order chi connectivity index (χ0) is 22.9. The molecule has 1 saturated heterocycles. The number of likely N-dealkylation sites (N-methyl/N-ethyl adjacent to an activating group) is 1. The van der Waals surface area contributed by atoms with Gasteiger partial charge in [0.05, 0.1) is 11.8 Å². The summed E-state index contributed by atoms with van der Waals surface area (Å²) < 4.78 is 13.2. The van der Waals surface area contributed by atoms with E-state index in [1.54, 1.807) is 12.1 Å². The Morgan fingerprint density at radius 1 is 1.00 bits per heavy atom. The first-order valence-electron chi connectivity index (χ1n) is 11.2. The van der Waals surface area contributed by atoms with E-state index in [0.717, 1.165) is 19.5 Å². The molecule has 2 N–H and O–H groups in total. The number of carbonyl (C=O) groups is 2. The van der Waals surface area contributed by atoms with Crippen LogP contribution in [0.1, 0.15) is 12.0 Å². The Kier molecular flexibility index (Phi) is 8.76. The number of benzene rings is 2. The fourth-order valence-corrected chi connectivity index (χ4v) is 4.01. The molecule has 0 aliphatic carbocycles. The molecule has 1 fully saturated rings. The maximum absolute atomic E-state index is 13.2. The molecule has 1 heterocycles. The number of hydrogen-bond donors (Lipinski definition) is 2. The van der Waals surface area contributed by atoms with Crippen LogP contribution in [0.25, 0.3) is 0 Å². The smallest absolute Gasteiger partial charge is 0.228 e. The zero-order valence-corrected chi connectivity index (χ0v) is 18.9. The van der Waals surface area contributed by atoms with Gasteiger partial charge in [0.1, 0.15) is 5.82 Å². The molecule has 7 heteroatoms. The van der Waals surface area contributed by atoms with Crippen LogP contribution in [-0.4, -0.2) is 68.4 Å². The lowest BCUT2D eigenvalue weighted by molar-refractivity contribution is -0.130. The molecule has 2 amide bonds. The number of carbonyl (C=O) groups excluding carboxylic acids is 2.